The lowest BCUT2D eigenvalue weighted by Gasteiger charge is -2.41. The number of nitrogens with zero attached hydrogens (tertiary/aromatic N) is 2. The molecule has 0 spiro atoms. The van der Waals surface area contributed by atoms with E-state index in [0.29, 0.717) is 0 Å². The van der Waals surface area contributed by atoms with Gasteiger partial charge in [0.15, 0.2) is 0 Å². The molecule has 3 nitrogen and oxygen atoms in total. The zero-order valence-corrected chi connectivity index (χ0v) is 11.3. The summed E-state index contributed by atoms with van der Waals surface area (Å²) < 4.78 is 0. The number of hydrogen-bond donors (Lipinski definition) is 1. The highest BCUT2D eigenvalue weighted by atomic mass is 15.3. The molecule has 3 heteroatoms. The Hall–Kier alpha value is -1.38. The molecule has 1 aromatic heterocycles. The lowest BCUT2D eigenvalue weighted by atomic mass is 9.63. The molecule has 0 fully saturated rings. The molecule has 0 saturated heterocycles. The van der Waals surface area contributed by atoms with Crippen LogP contribution in [0.15, 0.2) is 18.2 Å². The van der Waals surface area contributed by atoms with E-state index >= 15 is 0 Å². The van der Waals surface area contributed by atoms with E-state index in [1.807, 2.05) is 6.07 Å². The van der Waals surface area contributed by atoms with Crippen LogP contribution in [0.25, 0.3) is 11.0 Å². The molecule has 0 aliphatic carbocycles. The zero-order chi connectivity index (χ0) is 12.7. The third-order valence-electron chi connectivity index (χ3n) is 4.61. The van der Waals surface area contributed by atoms with E-state index in [4.69, 9.17) is 0 Å². The first-order valence-corrected chi connectivity index (χ1v) is 6.19. The summed E-state index contributed by atoms with van der Waals surface area (Å²) in [5.41, 5.74) is 3.58. The van der Waals surface area contributed by atoms with Crippen molar-refractivity contribution < 1.29 is 0 Å². The van der Waals surface area contributed by atoms with Gasteiger partial charge in [0.25, 0.3) is 0 Å². The van der Waals surface area contributed by atoms with Crippen molar-refractivity contribution in [2.24, 2.45) is 5.41 Å². The van der Waals surface area contributed by atoms with Gasteiger partial charge < -0.3 is 0 Å². The van der Waals surface area contributed by atoms with Gasteiger partial charge in [0.2, 0.25) is 0 Å². The van der Waals surface area contributed by atoms with Crippen LogP contribution in [0.5, 0.6) is 0 Å². The number of aromatic nitrogens is 3. The fourth-order valence-corrected chi connectivity index (χ4v) is 2.06. The zero-order valence-electron chi connectivity index (χ0n) is 11.3. The first-order valence-electron chi connectivity index (χ1n) is 6.19. The fourth-order valence-electron chi connectivity index (χ4n) is 2.06. The number of rotatable bonds is 3. The molecule has 1 N–H and O–H groups in total. The molecule has 0 aliphatic heterocycles. The highest BCUT2D eigenvalue weighted by Crippen LogP contribution is 2.43. The Kier molecular flexibility index (Phi) is 2.72. The minimum absolute atomic E-state index is 0.120. The van der Waals surface area contributed by atoms with Crippen LogP contribution in [-0.2, 0) is 5.41 Å². The summed E-state index contributed by atoms with van der Waals surface area (Å²) in [6.07, 6.45) is 1.15. The number of nitrogens with one attached hydrogen (secondary N) is 1. The molecule has 0 aliphatic rings. The fraction of sp³-hybridized carbons (Fsp3) is 0.571. The highest BCUT2D eigenvalue weighted by molar-refractivity contribution is 5.74. The van der Waals surface area contributed by atoms with Crippen LogP contribution in [-0.4, -0.2) is 15.4 Å². The standard InChI is InChI=1S/C14H21N3/c1-6-13(2,3)14(4,5)10-7-8-11-12(9-10)16-17-15-11/h7-9H,6H2,1-5H3,(H,15,16,17). The van der Waals surface area contributed by atoms with E-state index in [-0.39, 0.29) is 10.8 Å². The van der Waals surface area contributed by atoms with E-state index in [0.717, 1.165) is 17.5 Å². The molecule has 2 aromatic rings. The van der Waals surface area contributed by atoms with Crippen molar-refractivity contribution >= 4 is 11.0 Å². The molecular weight excluding hydrogens is 210 g/mol. The summed E-state index contributed by atoms with van der Waals surface area (Å²) >= 11 is 0. The average Bonchev–Trinajstić information content (AvgIpc) is 2.75. The largest absolute Gasteiger partial charge is 0.197 e. The second-order valence-corrected chi connectivity index (χ2v) is 5.89. The average molecular weight is 231 g/mol. The molecular formula is C14H21N3. The Morgan fingerprint density at radius 1 is 1.06 bits per heavy atom. The van der Waals surface area contributed by atoms with Gasteiger partial charge in [0, 0.05) is 0 Å². The maximum absolute atomic E-state index is 4.16. The topological polar surface area (TPSA) is 41.6 Å². The minimum Gasteiger partial charge on any atom is -0.197 e. The lowest BCUT2D eigenvalue weighted by molar-refractivity contribution is 0.189. The molecule has 0 unspecified atom stereocenters. The van der Waals surface area contributed by atoms with Crippen LogP contribution in [0.4, 0.5) is 0 Å². The summed E-state index contributed by atoms with van der Waals surface area (Å²) in [4.78, 5) is 0. The molecule has 92 valence electrons. The van der Waals surface area contributed by atoms with Gasteiger partial charge in [0.1, 0.15) is 11.0 Å². The van der Waals surface area contributed by atoms with E-state index in [1.54, 1.807) is 0 Å². The van der Waals surface area contributed by atoms with E-state index in [2.05, 4.69) is 62.2 Å². The predicted molar refractivity (Wildman–Crippen MR) is 71.0 cm³/mol. The van der Waals surface area contributed by atoms with Crippen LogP contribution in [0, 0.1) is 5.41 Å². The van der Waals surface area contributed by atoms with Gasteiger partial charge in [-0.25, -0.2) is 0 Å². The molecule has 0 amide bonds. The Morgan fingerprint density at radius 2 is 1.71 bits per heavy atom. The molecule has 0 atom stereocenters. The van der Waals surface area contributed by atoms with Crippen molar-refractivity contribution in [2.45, 2.75) is 46.5 Å². The SMILES string of the molecule is CCC(C)(C)C(C)(C)c1ccc2n[nH]nc2c1. The Labute approximate surface area is 103 Å². The number of H-pyrrole nitrogens is 1. The van der Waals surface area contributed by atoms with Crippen molar-refractivity contribution in [3.05, 3.63) is 23.8 Å². The van der Waals surface area contributed by atoms with Crippen molar-refractivity contribution in [1.82, 2.24) is 15.4 Å². The molecule has 1 aromatic carbocycles. The second-order valence-electron chi connectivity index (χ2n) is 5.89. The number of aromatic amines is 1. The summed E-state index contributed by atoms with van der Waals surface area (Å²) in [7, 11) is 0. The first-order chi connectivity index (χ1) is 7.88. The third-order valence-corrected chi connectivity index (χ3v) is 4.61. The van der Waals surface area contributed by atoms with Gasteiger partial charge in [-0.2, -0.15) is 15.4 Å². The third kappa shape index (κ3) is 1.84. The molecule has 2 rings (SSSR count). The summed E-state index contributed by atoms with van der Waals surface area (Å²) in [5, 5.41) is 10.9. The number of benzene rings is 1. The van der Waals surface area contributed by atoms with Gasteiger partial charge in [0.05, 0.1) is 0 Å². The van der Waals surface area contributed by atoms with Gasteiger partial charge in [-0.3, -0.25) is 0 Å². The molecule has 0 saturated carbocycles. The van der Waals surface area contributed by atoms with Crippen LogP contribution in [0.3, 0.4) is 0 Å². The number of hydrogen-bond acceptors (Lipinski definition) is 2. The molecule has 17 heavy (non-hydrogen) atoms. The first kappa shape index (κ1) is 12.1. The highest BCUT2D eigenvalue weighted by Gasteiger charge is 2.36. The van der Waals surface area contributed by atoms with Crippen molar-refractivity contribution in [3.63, 3.8) is 0 Å². The van der Waals surface area contributed by atoms with Crippen LogP contribution < -0.4 is 0 Å². The second kappa shape index (κ2) is 3.83. The molecule has 0 bridgehead atoms. The molecule has 0 radical (unpaired) electrons. The van der Waals surface area contributed by atoms with Gasteiger partial charge in [-0.15, -0.1) is 0 Å². The maximum Gasteiger partial charge on any atom is 0.113 e. The Bertz CT molecular complexity index is 523. The van der Waals surface area contributed by atoms with E-state index in [9.17, 15) is 0 Å². The summed E-state index contributed by atoms with van der Waals surface area (Å²) in [5.74, 6) is 0. The van der Waals surface area contributed by atoms with Crippen molar-refractivity contribution in [1.29, 1.82) is 0 Å². The summed E-state index contributed by atoms with van der Waals surface area (Å²) in [6.45, 7) is 11.5. The monoisotopic (exact) mass is 231 g/mol. The Morgan fingerprint density at radius 3 is 2.35 bits per heavy atom. The van der Waals surface area contributed by atoms with Crippen LogP contribution in [0.1, 0.15) is 46.6 Å². The van der Waals surface area contributed by atoms with Crippen LogP contribution >= 0.6 is 0 Å². The normalized spacial score (nSPS) is 13.2. The van der Waals surface area contributed by atoms with Gasteiger partial charge in [-0.05, 0) is 28.5 Å². The Balaban J connectivity index is 2.51. The van der Waals surface area contributed by atoms with Gasteiger partial charge >= 0.3 is 0 Å². The van der Waals surface area contributed by atoms with Crippen LogP contribution in [0.2, 0.25) is 0 Å². The predicted octanol–water partition coefficient (Wildman–Crippen LogP) is 3.67. The van der Waals surface area contributed by atoms with Crippen molar-refractivity contribution in [3.8, 4) is 0 Å². The van der Waals surface area contributed by atoms with E-state index in [1.165, 1.54) is 5.56 Å². The smallest absolute Gasteiger partial charge is 0.113 e. The van der Waals surface area contributed by atoms with Crippen molar-refractivity contribution in [2.75, 3.05) is 0 Å². The quantitative estimate of drug-likeness (QED) is 0.875. The summed E-state index contributed by atoms with van der Waals surface area (Å²) in [6, 6.07) is 6.36. The lowest BCUT2D eigenvalue weighted by Crippen LogP contribution is -2.35. The molecule has 1 heterocycles. The maximum atomic E-state index is 4.16. The minimum atomic E-state index is 0.120. The number of fused-ring (bicyclic) bond motifs is 1. The van der Waals surface area contributed by atoms with Gasteiger partial charge in [-0.1, -0.05) is 47.1 Å². The van der Waals surface area contributed by atoms with E-state index < -0.39 is 0 Å².